The summed E-state index contributed by atoms with van der Waals surface area (Å²) in [6.07, 6.45) is 6.06. The summed E-state index contributed by atoms with van der Waals surface area (Å²) < 4.78 is 7.51. The monoisotopic (exact) mass is 422 g/mol. The van der Waals surface area contributed by atoms with Crippen molar-refractivity contribution in [3.05, 3.63) is 77.1 Å². The summed E-state index contributed by atoms with van der Waals surface area (Å²) in [4.78, 5) is 23.2. The predicted octanol–water partition coefficient (Wildman–Crippen LogP) is 3.31. The third-order valence-corrected chi connectivity index (χ3v) is 5.53. The number of rotatable bonds is 5. The van der Waals surface area contributed by atoms with Gasteiger partial charge in [0.05, 0.1) is 16.4 Å². The largest absolute Gasteiger partial charge is 0.486 e. The highest BCUT2D eigenvalue weighted by atomic mass is 35.5. The van der Waals surface area contributed by atoms with Gasteiger partial charge >= 0.3 is 0 Å². The second kappa shape index (κ2) is 7.79. The number of fused-ring (bicyclic) bond motifs is 1. The summed E-state index contributed by atoms with van der Waals surface area (Å²) in [6, 6.07) is 11.2. The van der Waals surface area contributed by atoms with Crippen LogP contribution in [-0.2, 0) is 6.61 Å². The second-order valence-corrected chi connectivity index (χ2v) is 7.63. The fourth-order valence-corrected chi connectivity index (χ4v) is 3.85. The number of benzene rings is 1. The van der Waals surface area contributed by atoms with Crippen LogP contribution >= 0.6 is 11.6 Å². The first-order chi connectivity index (χ1) is 14.7. The maximum absolute atomic E-state index is 12.9. The van der Waals surface area contributed by atoms with Gasteiger partial charge in [-0.25, -0.2) is 9.97 Å². The van der Waals surface area contributed by atoms with Gasteiger partial charge in [-0.2, -0.15) is 5.10 Å². The molecule has 0 saturated carbocycles. The first-order valence-corrected chi connectivity index (χ1v) is 10.1. The van der Waals surface area contributed by atoms with Gasteiger partial charge in [0.2, 0.25) is 5.78 Å². The van der Waals surface area contributed by atoms with E-state index in [1.165, 1.54) is 0 Å². The SMILES string of the molecule is O=C(c1cn2cccnc2n1)N1CC[C@@H](c2cc(COc3ccccc3Cl)[nH]n2)C1. The van der Waals surface area contributed by atoms with Crippen LogP contribution in [0.4, 0.5) is 0 Å². The molecule has 0 spiro atoms. The number of H-pyrrole nitrogens is 1. The van der Waals surface area contributed by atoms with Gasteiger partial charge in [0.15, 0.2) is 0 Å². The number of hydrogen-bond acceptors (Lipinski definition) is 5. The molecule has 4 heterocycles. The van der Waals surface area contributed by atoms with Crippen LogP contribution in [0.3, 0.4) is 0 Å². The molecule has 3 aromatic heterocycles. The number of halogens is 1. The van der Waals surface area contributed by atoms with Gasteiger partial charge in [0.1, 0.15) is 18.1 Å². The minimum atomic E-state index is -0.0826. The molecule has 0 radical (unpaired) electrons. The van der Waals surface area contributed by atoms with Crippen LogP contribution in [0.5, 0.6) is 5.75 Å². The van der Waals surface area contributed by atoms with Crippen LogP contribution in [0.15, 0.2) is 55.0 Å². The van der Waals surface area contributed by atoms with E-state index in [0.717, 1.165) is 17.8 Å². The number of aromatic nitrogens is 5. The fourth-order valence-electron chi connectivity index (χ4n) is 3.66. The number of carbonyl (C=O) groups is 1. The van der Waals surface area contributed by atoms with E-state index in [-0.39, 0.29) is 11.8 Å². The number of hydrogen-bond donors (Lipinski definition) is 1. The van der Waals surface area contributed by atoms with Gasteiger partial charge in [-0.3, -0.25) is 14.3 Å². The van der Waals surface area contributed by atoms with Crippen molar-refractivity contribution in [2.75, 3.05) is 13.1 Å². The van der Waals surface area contributed by atoms with Gasteiger partial charge in [0, 0.05) is 37.6 Å². The van der Waals surface area contributed by atoms with Crippen LogP contribution in [0, 0.1) is 0 Å². The van der Waals surface area contributed by atoms with E-state index < -0.39 is 0 Å². The van der Waals surface area contributed by atoms with Crippen LogP contribution in [-0.4, -0.2) is 48.5 Å². The number of nitrogens with one attached hydrogen (secondary N) is 1. The molecule has 0 unspecified atom stereocenters. The van der Waals surface area contributed by atoms with Crippen LogP contribution in [0.2, 0.25) is 5.02 Å². The number of carbonyl (C=O) groups excluding carboxylic acids is 1. The van der Waals surface area contributed by atoms with Gasteiger partial charge < -0.3 is 9.64 Å². The summed E-state index contributed by atoms with van der Waals surface area (Å²) in [5.74, 6) is 1.25. The van der Waals surface area contributed by atoms with E-state index in [2.05, 4.69) is 20.2 Å². The lowest BCUT2D eigenvalue weighted by Gasteiger charge is -2.14. The van der Waals surface area contributed by atoms with Crippen molar-refractivity contribution in [1.29, 1.82) is 0 Å². The Labute approximate surface area is 177 Å². The molecule has 1 saturated heterocycles. The lowest BCUT2D eigenvalue weighted by Crippen LogP contribution is -2.28. The molecule has 0 aliphatic carbocycles. The molecular weight excluding hydrogens is 404 g/mol. The highest BCUT2D eigenvalue weighted by molar-refractivity contribution is 6.32. The molecule has 8 nitrogen and oxygen atoms in total. The second-order valence-electron chi connectivity index (χ2n) is 7.23. The average Bonchev–Trinajstić information content (AvgIpc) is 3.51. The number of ether oxygens (including phenoxy) is 1. The van der Waals surface area contributed by atoms with Crippen LogP contribution in [0.1, 0.15) is 34.2 Å². The van der Waals surface area contributed by atoms with Crippen molar-refractivity contribution in [1.82, 2.24) is 29.5 Å². The Bertz CT molecular complexity index is 1170. The van der Waals surface area contributed by atoms with E-state index in [4.69, 9.17) is 16.3 Å². The first kappa shape index (κ1) is 18.6. The van der Waals surface area contributed by atoms with E-state index in [1.54, 1.807) is 28.9 Å². The van der Waals surface area contributed by atoms with Gasteiger partial charge in [-0.1, -0.05) is 23.7 Å². The Morgan fingerprint density at radius 2 is 2.20 bits per heavy atom. The molecule has 1 N–H and O–H groups in total. The third kappa shape index (κ3) is 3.61. The van der Waals surface area contributed by atoms with E-state index in [1.807, 2.05) is 35.4 Å². The number of nitrogens with zero attached hydrogens (tertiary/aromatic N) is 5. The molecule has 9 heteroatoms. The first-order valence-electron chi connectivity index (χ1n) is 9.68. The Morgan fingerprint density at radius 1 is 1.30 bits per heavy atom. The molecule has 1 aromatic carbocycles. The Hall–Kier alpha value is -3.39. The number of imidazole rings is 1. The highest BCUT2D eigenvalue weighted by Gasteiger charge is 2.30. The van der Waals surface area contributed by atoms with Crippen molar-refractivity contribution in [3.8, 4) is 5.75 Å². The van der Waals surface area contributed by atoms with Crippen molar-refractivity contribution in [2.45, 2.75) is 18.9 Å². The average molecular weight is 423 g/mol. The molecule has 0 bridgehead atoms. The Kier molecular flexibility index (Phi) is 4.84. The van der Waals surface area contributed by atoms with Gasteiger partial charge in [-0.05, 0) is 30.7 Å². The smallest absolute Gasteiger partial charge is 0.274 e. The molecule has 1 atom stereocenters. The molecule has 152 valence electrons. The van der Waals surface area contributed by atoms with Gasteiger partial charge in [0.25, 0.3) is 5.91 Å². The third-order valence-electron chi connectivity index (χ3n) is 5.22. The summed E-state index contributed by atoms with van der Waals surface area (Å²) in [7, 11) is 0. The topological polar surface area (TPSA) is 88.4 Å². The molecule has 5 rings (SSSR count). The molecule has 1 aliphatic rings. The Balaban J connectivity index is 1.22. The van der Waals surface area contributed by atoms with Crippen molar-refractivity contribution < 1.29 is 9.53 Å². The fraction of sp³-hybridized carbons (Fsp3) is 0.238. The van der Waals surface area contributed by atoms with Crippen molar-refractivity contribution >= 4 is 23.3 Å². The molecule has 4 aromatic rings. The zero-order valence-electron chi connectivity index (χ0n) is 16.0. The number of likely N-dealkylation sites (tertiary alicyclic amines) is 1. The zero-order chi connectivity index (χ0) is 20.5. The zero-order valence-corrected chi connectivity index (χ0v) is 16.8. The van der Waals surface area contributed by atoms with Crippen LogP contribution in [0.25, 0.3) is 5.78 Å². The van der Waals surface area contributed by atoms with Crippen molar-refractivity contribution in [2.24, 2.45) is 0 Å². The predicted molar refractivity (Wildman–Crippen MR) is 111 cm³/mol. The number of para-hydroxylation sites is 1. The van der Waals surface area contributed by atoms with Crippen LogP contribution < -0.4 is 4.74 Å². The molecule has 1 aliphatic heterocycles. The van der Waals surface area contributed by atoms with Gasteiger partial charge in [-0.15, -0.1) is 0 Å². The minimum Gasteiger partial charge on any atom is -0.486 e. The maximum atomic E-state index is 12.9. The molecule has 30 heavy (non-hydrogen) atoms. The molecular formula is C21H19ClN6O2. The molecule has 1 fully saturated rings. The maximum Gasteiger partial charge on any atom is 0.274 e. The highest BCUT2D eigenvalue weighted by Crippen LogP contribution is 2.28. The molecule has 1 amide bonds. The number of amides is 1. The normalized spacial score (nSPS) is 16.3. The quantitative estimate of drug-likeness (QED) is 0.533. The summed E-state index contributed by atoms with van der Waals surface area (Å²) in [5.41, 5.74) is 2.20. The lowest BCUT2D eigenvalue weighted by atomic mass is 10.1. The summed E-state index contributed by atoms with van der Waals surface area (Å²) in [6.45, 7) is 1.62. The standard InChI is InChI=1S/C21H19ClN6O2/c22-16-4-1-2-5-19(16)30-13-15-10-17(26-25-15)14-6-9-27(11-14)20(29)18-12-28-8-3-7-23-21(28)24-18/h1-5,7-8,10,12,14H,6,9,11,13H2,(H,25,26)/t14-/m1/s1. The van der Waals surface area contributed by atoms with Crippen molar-refractivity contribution in [3.63, 3.8) is 0 Å². The summed E-state index contributed by atoms with van der Waals surface area (Å²) in [5, 5.41) is 8.02. The lowest BCUT2D eigenvalue weighted by molar-refractivity contribution is 0.0785. The van der Waals surface area contributed by atoms with E-state index in [0.29, 0.717) is 41.9 Å². The summed E-state index contributed by atoms with van der Waals surface area (Å²) >= 11 is 6.12. The Morgan fingerprint density at radius 3 is 3.07 bits per heavy atom. The van der Waals surface area contributed by atoms with E-state index in [9.17, 15) is 4.79 Å². The number of aromatic amines is 1. The minimum absolute atomic E-state index is 0.0826. The van der Waals surface area contributed by atoms with E-state index >= 15 is 0 Å².